The lowest BCUT2D eigenvalue weighted by Gasteiger charge is -2.47. The van der Waals surface area contributed by atoms with Crippen LogP contribution in [0.5, 0.6) is 0 Å². The molecule has 10 aromatic rings. The molecule has 3 aliphatic rings. The molecule has 0 fully saturated rings. The molecular weight excluding hydrogens is 806 g/mol. The van der Waals surface area contributed by atoms with Gasteiger partial charge in [0.05, 0.1) is 16.8 Å². The molecule has 2 atom stereocenters. The van der Waals surface area contributed by atoms with Gasteiger partial charge in [0.1, 0.15) is 11.2 Å². The summed E-state index contributed by atoms with van der Waals surface area (Å²) in [6, 6.07) is 73.8. The van der Waals surface area contributed by atoms with E-state index in [0.29, 0.717) is 0 Å². The number of anilines is 3. The van der Waals surface area contributed by atoms with Gasteiger partial charge in [-0.15, -0.1) is 0 Å². The number of furan rings is 1. The lowest BCUT2D eigenvalue weighted by atomic mass is 9.64. The Labute approximate surface area is 371 Å². The van der Waals surface area contributed by atoms with Crippen molar-refractivity contribution in [3.8, 4) is 11.1 Å². The van der Waals surface area contributed by atoms with Crippen LogP contribution in [0.3, 0.4) is 0 Å². The van der Waals surface area contributed by atoms with Crippen molar-refractivity contribution < 1.29 is 8.98 Å². The van der Waals surface area contributed by atoms with E-state index in [9.17, 15) is 0 Å². The first-order valence-corrected chi connectivity index (χ1v) is 24.1. The van der Waals surface area contributed by atoms with Gasteiger partial charge in [-0.1, -0.05) is 177 Å². The van der Waals surface area contributed by atoms with Crippen LogP contribution < -0.4 is 20.8 Å². The SMILES string of the molecule is CC1(C)c2ccccc2N(c2cccc(-c3ccc4c(c3)Sc3ccccc3C43c4ccccc4P(=O)(c4ccccc4)c4cc5oc6ccccc6c5cc43)c2)c2ccccc21. The Balaban J connectivity index is 1.06. The molecule has 3 aliphatic heterocycles. The minimum Gasteiger partial charge on any atom is -0.456 e. The van der Waals surface area contributed by atoms with E-state index in [2.05, 4.69) is 176 Å². The third-order valence-electron chi connectivity index (χ3n) is 14.0. The van der Waals surface area contributed by atoms with Crippen LogP contribution in [-0.2, 0) is 15.4 Å². The van der Waals surface area contributed by atoms with Crippen LogP contribution in [0.4, 0.5) is 17.1 Å². The smallest absolute Gasteiger partial charge is 0.171 e. The number of hydrogen-bond donors (Lipinski definition) is 0. The van der Waals surface area contributed by atoms with Gasteiger partial charge in [-0.25, -0.2) is 0 Å². The summed E-state index contributed by atoms with van der Waals surface area (Å²) in [5.41, 5.74) is 13.6. The highest BCUT2D eigenvalue weighted by molar-refractivity contribution is 7.99. The molecule has 0 aliphatic carbocycles. The first-order chi connectivity index (χ1) is 30.9. The topological polar surface area (TPSA) is 33.5 Å². The predicted molar refractivity (Wildman–Crippen MR) is 261 cm³/mol. The van der Waals surface area contributed by atoms with E-state index in [4.69, 9.17) is 4.42 Å². The molecule has 0 radical (unpaired) electrons. The Morgan fingerprint density at radius 2 is 1.10 bits per heavy atom. The van der Waals surface area contributed by atoms with E-state index < -0.39 is 12.6 Å². The largest absolute Gasteiger partial charge is 0.456 e. The highest BCUT2D eigenvalue weighted by Crippen LogP contribution is 2.62. The molecule has 0 bridgehead atoms. The fourth-order valence-corrected chi connectivity index (χ4v) is 15.5. The first kappa shape index (κ1) is 36.8. The maximum absolute atomic E-state index is 16.5. The average Bonchev–Trinajstić information content (AvgIpc) is 3.70. The number of para-hydroxylation sites is 3. The number of benzene rings is 9. The van der Waals surface area contributed by atoms with Gasteiger partial charge >= 0.3 is 0 Å². The Bertz CT molecular complexity index is 3540. The van der Waals surface area contributed by atoms with Crippen LogP contribution in [0, 0.1) is 0 Å². The molecule has 9 aromatic carbocycles. The van der Waals surface area contributed by atoms with Crippen molar-refractivity contribution in [2.45, 2.75) is 34.5 Å². The molecule has 300 valence electrons. The lowest BCUT2D eigenvalue weighted by molar-refractivity contribution is 0.589. The molecule has 13 rings (SSSR count). The molecule has 0 saturated carbocycles. The lowest BCUT2D eigenvalue weighted by Crippen LogP contribution is -2.48. The number of nitrogens with zero attached hydrogens (tertiary/aromatic N) is 1. The van der Waals surface area contributed by atoms with Gasteiger partial charge in [0, 0.05) is 47.6 Å². The third-order valence-corrected chi connectivity index (χ3v) is 18.3. The summed E-state index contributed by atoms with van der Waals surface area (Å²) >= 11 is 1.83. The molecule has 2 unspecified atom stereocenters. The van der Waals surface area contributed by atoms with Crippen molar-refractivity contribution in [3.05, 3.63) is 240 Å². The minimum atomic E-state index is -3.41. The third kappa shape index (κ3) is 4.97. The van der Waals surface area contributed by atoms with Crippen LogP contribution in [0.2, 0.25) is 0 Å². The molecule has 0 amide bonds. The van der Waals surface area contributed by atoms with Gasteiger partial charge in [-0.05, 0) is 99.1 Å². The monoisotopic (exact) mass is 845 g/mol. The number of hydrogen-bond acceptors (Lipinski definition) is 4. The fourth-order valence-electron chi connectivity index (χ4n) is 11.2. The molecule has 1 spiro atoms. The zero-order valence-electron chi connectivity index (χ0n) is 34.7. The number of rotatable bonds is 3. The zero-order valence-corrected chi connectivity index (χ0v) is 36.5. The Morgan fingerprint density at radius 1 is 0.460 bits per heavy atom. The van der Waals surface area contributed by atoms with Crippen LogP contribution >= 0.6 is 18.9 Å². The first-order valence-electron chi connectivity index (χ1n) is 21.6. The van der Waals surface area contributed by atoms with Crippen LogP contribution in [0.15, 0.2) is 220 Å². The average molecular weight is 846 g/mol. The van der Waals surface area contributed by atoms with Gasteiger partial charge < -0.3 is 13.9 Å². The Morgan fingerprint density at radius 3 is 1.89 bits per heavy atom. The van der Waals surface area contributed by atoms with Gasteiger partial charge in [-0.2, -0.15) is 0 Å². The summed E-state index contributed by atoms with van der Waals surface area (Å²) in [5.74, 6) is 0. The molecule has 63 heavy (non-hydrogen) atoms. The molecular formula is C58H40NO2PS. The van der Waals surface area contributed by atoms with Crippen molar-refractivity contribution >= 4 is 73.8 Å². The van der Waals surface area contributed by atoms with Crippen LogP contribution in [0.1, 0.15) is 47.2 Å². The molecule has 3 nitrogen and oxygen atoms in total. The van der Waals surface area contributed by atoms with Gasteiger partial charge in [0.25, 0.3) is 0 Å². The van der Waals surface area contributed by atoms with E-state index in [1.165, 1.54) is 43.4 Å². The van der Waals surface area contributed by atoms with Gasteiger partial charge in [0.2, 0.25) is 0 Å². The van der Waals surface area contributed by atoms with Crippen LogP contribution in [0.25, 0.3) is 33.1 Å². The van der Waals surface area contributed by atoms with Crippen molar-refractivity contribution in [3.63, 3.8) is 0 Å². The van der Waals surface area contributed by atoms with Crippen LogP contribution in [-0.4, -0.2) is 0 Å². The normalized spacial score (nSPS) is 18.9. The van der Waals surface area contributed by atoms with Gasteiger partial charge in [0.15, 0.2) is 7.14 Å². The van der Waals surface area contributed by atoms with E-state index in [0.717, 1.165) is 65.8 Å². The maximum atomic E-state index is 16.5. The molecule has 0 saturated heterocycles. The molecule has 0 N–H and O–H groups in total. The predicted octanol–water partition coefficient (Wildman–Crippen LogP) is 14.2. The minimum absolute atomic E-state index is 0.134. The van der Waals surface area contributed by atoms with Crippen molar-refractivity contribution in [1.29, 1.82) is 0 Å². The highest BCUT2D eigenvalue weighted by Gasteiger charge is 2.54. The van der Waals surface area contributed by atoms with E-state index in [-0.39, 0.29) is 5.41 Å². The second kappa shape index (κ2) is 13.3. The summed E-state index contributed by atoms with van der Waals surface area (Å²) in [4.78, 5) is 4.80. The standard InChI is InChI=1S/C58H40NO2PS/c1-57(2)43-22-7-11-26-49(43)59(50-27-12-8-23-44(50)57)39-18-16-17-37(33-39)38-31-32-47-56(34-38)63-55-30-15-10-25-46(55)58(47)45-24-9-14-29-53(45)62(60,40-19-4-3-5-20-40)54-36-52-42(35-48(54)58)41-21-6-13-28-51(41)61-52/h3-36H,1-2H3. The summed E-state index contributed by atoms with van der Waals surface area (Å²) in [5, 5.41) is 4.59. The summed E-state index contributed by atoms with van der Waals surface area (Å²) in [6.45, 7) is 4.66. The Kier molecular flexibility index (Phi) is 7.78. The van der Waals surface area contributed by atoms with Crippen molar-refractivity contribution in [1.82, 2.24) is 0 Å². The summed E-state index contributed by atoms with van der Waals surface area (Å²) < 4.78 is 23.1. The molecule has 5 heteroatoms. The van der Waals surface area contributed by atoms with E-state index in [1.807, 2.05) is 60.3 Å². The second-order valence-electron chi connectivity index (χ2n) is 17.5. The number of fused-ring (bicyclic) bond motifs is 13. The Hall–Kier alpha value is -6.84. The van der Waals surface area contributed by atoms with Crippen molar-refractivity contribution in [2.24, 2.45) is 0 Å². The second-order valence-corrected chi connectivity index (χ2v) is 21.3. The molecule has 1 aromatic heterocycles. The van der Waals surface area contributed by atoms with E-state index >= 15 is 4.57 Å². The zero-order chi connectivity index (χ0) is 42.1. The summed E-state index contributed by atoms with van der Waals surface area (Å²) in [6.07, 6.45) is 0. The van der Waals surface area contributed by atoms with Gasteiger partial charge in [-0.3, -0.25) is 0 Å². The van der Waals surface area contributed by atoms with E-state index in [1.54, 1.807) is 0 Å². The fraction of sp³-hybridized carbons (Fsp3) is 0.0690. The quantitative estimate of drug-likeness (QED) is 0.166. The molecule has 4 heterocycles. The van der Waals surface area contributed by atoms with Crippen molar-refractivity contribution in [2.75, 3.05) is 4.90 Å². The summed E-state index contributed by atoms with van der Waals surface area (Å²) in [7, 11) is -3.41. The highest BCUT2D eigenvalue weighted by atomic mass is 32.2. The maximum Gasteiger partial charge on any atom is 0.171 e.